The van der Waals surface area contributed by atoms with E-state index in [1.54, 1.807) is 23.6 Å². The molecule has 0 aliphatic rings. The highest BCUT2D eigenvalue weighted by Gasteiger charge is 2.13. The summed E-state index contributed by atoms with van der Waals surface area (Å²) < 4.78 is 0. The maximum atomic E-state index is 5.75. The Kier molecular flexibility index (Phi) is 3.10. The number of hydrogen-bond donors (Lipinski definition) is 1. The second-order valence-corrected chi connectivity index (χ2v) is 4.73. The Bertz CT molecular complexity index is 453. The number of rotatable bonds is 3. The van der Waals surface area contributed by atoms with Gasteiger partial charge in [0.15, 0.2) is 0 Å². The standard InChI is InChI=1S/C12H15N3S/c1-9(11-4-3-7-16-11)15(2)12-8-10(13)5-6-14-12/h3-9H,1-2H3,(H2,13,14). The normalized spacial score (nSPS) is 12.4. The fourth-order valence-electron chi connectivity index (χ4n) is 1.55. The van der Waals surface area contributed by atoms with Crippen LogP contribution in [0.2, 0.25) is 0 Å². The highest BCUT2D eigenvalue weighted by molar-refractivity contribution is 7.10. The lowest BCUT2D eigenvalue weighted by molar-refractivity contribution is 0.742. The summed E-state index contributed by atoms with van der Waals surface area (Å²) in [6.45, 7) is 2.16. The second kappa shape index (κ2) is 4.53. The van der Waals surface area contributed by atoms with E-state index in [0.717, 1.165) is 11.5 Å². The Balaban J connectivity index is 2.22. The number of aromatic nitrogens is 1. The van der Waals surface area contributed by atoms with Crippen LogP contribution in [0.15, 0.2) is 35.8 Å². The molecule has 4 heteroatoms. The van der Waals surface area contributed by atoms with Crippen molar-refractivity contribution >= 4 is 22.8 Å². The van der Waals surface area contributed by atoms with Gasteiger partial charge in [0.05, 0.1) is 6.04 Å². The predicted molar refractivity (Wildman–Crippen MR) is 69.8 cm³/mol. The van der Waals surface area contributed by atoms with Gasteiger partial charge in [-0.15, -0.1) is 11.3 Å². The van der Waals surface area contributed by atoms with E-state index in [9.17, 15) is 0 Å². The van der Waals surface area contributed by atoms with Crippen LogP contribution in [0.1, 0.15) is 17.8 Å². The van der Waals surface area contributed by atoms with Gasteiger partial charge in [-0.2, -0.15) is 0 Å². The van der Waals surface area contributed by atoms with Gasteiger partial charge in [0, 0.05) is 29.9 Å². The van der Waals surface area contributed by atoms with Crippen molar-refractivity contribution in [3.8, 4) is 0 Å². The second-order valence-electron chi connectivity index (χ2n) is 3.75. The molecule has 2 N–H and O–H groups in total. The zero-order valence-electron chi connectivity index (χ0n) is 9.42. The quantitative estimate of drug-likeness (QED) is 0.886. The number of pyridine rings is 1. The molecule has 1 atom stereocenters. The van der Waals surface area contributed by atoms with Crippen LogP contribution in [-0.4, -0.2) is 12.0 Å². The van der Waals surface area contributed by atoms with E-state index in [0.29, 0.717) is 6.04 Å². The van der Waals surface area contributed by atoms with Gasteiger partial charge in [-0.05, 0) is 24.4 Å². The first-order valence-corrected chi connectivity index (χ1v) is 6.04. The molecule has 0 saturated carbocycles. The van der Waals surface area contributed by atoms with Gasteiger partial charge < -0.3 is 10.6 Å². The van der Waals surface area contributed by atoms with Crippen LogP contribution >= 0.6 is 11.3 Å². The molecule has 16 heavy (non-hydrogen) atoms. The topological polar surface area (TPSA) is 42.1 Å². The summed E-state index contributed by atoms with van der Waals surface area (Å²) in [6, 6.07) is 8.21. The molecule has 0 aliphatic heterocycles. The molecule has 84 valence electrons. The molecule has 0 radical (unpaired) electrons. The first-order chi connectivity index (χ1) is 7.68. The Hall–Kier alpha value is -1.55. The number of hydrogen-bond acceptors (Lipinski definition) is 4. The molecule has 1 unspecified atom stereocenters. The van der Waals surface area contributed by atoms with Crippen molar-refractivity contribution in [3.63, 3.8) is 0 Å². The molecule has 0 spiro atoms. The van der Waals surface area contributed by atoms with Crippen molar-refractivity contribution in [1.82, 2.24) is 4.98 Å². The number of anilines is 2. The van der Waals surface area contributed by atoms with E-state index < -0.39 is 0 Å². The summed E-state index contributed by atoms with van der Waals surface area (Å²) in [5.74, 6) is 0.904. The third-order valence-electron chi connectivity index (χ3n) is 2.67. The SMILES string of the molecule is CC(c1cccs1)N(C)c1cc(N)ccn1. The van der Waals surface area contributed by atoms with E-state index in [1.165, 1.54) is 4.88 Å². The molecule has 3 nitrogen and oxygen atoms in total. The summed E-state index contributed by atoms with van der Waals surface area (Å²) in [5, 5.41) is 2.09. The van der Waals surface area contributed by atoms with E-state index in [2.05, 4.69) is 34.3 Å². The Morgan fingerprint density at radius 3 is 2.88 bits per heavy atom. The summed E-state index contributed by atoms with van der Waals surface area (Å²) >= 11 is 1.76. The first-order valence-electron chi connectivity index (χ1n) is 5.16. The van der Waals surface area contributed by atoms with Crippen molar-refractivity contribution in [2.24, 2.45) is 0 Å². The third kappa shape index (κ3) is 2.17. The van der Waals surface area contributed by atoms with Crippen LogP contribution in [0.25, 0.3) is 0 Å². The lowest BCUT2D eigenvalue weighted by Gasteiger charge is -2.25. The lowest BCUT2D eigenvalue weighted by atomic mass is 10.2. The van der Waals surface area contributed by atoms with Gasteiger partial charge in [0.25, 0.3) is 0 Å². The number of nitrogen functional groups attached to an aromatic ring is 1. The number of thiophene rings is 1. The third-order valence-corrected chi connectivity index (χ3v) is 3.71. The van der Waals surface area contributed by atoms with Gasteiger partial charge in [-0.3, -0.25) is 0 Å². The summed E-state index contributed by atoms with van der Waals surface area (Å²) in [6.07, 6.45) is 1.74. The van der Waals surface area contributed by atoms with Crippen molar-refractivity contribution in [1.29, 1.82) is 0 Å². The molecular formula is C12H15N3S. The minimum absolute atomic E-state index is 0.314. The van der Waals surface area contributed by atoms with Crippen molar-refractivity contribution in [2.45, 2.75) is 13.0 Å². The van der Waals surface area contributed by atoms with Crippen molar-refractivity contribution in [2.75, 3.05) is 17.7 Å². The molecule has 2 rings (SSSR count). The zero-order chi connectivity index (χ0) is 11.5. The molecule has 0 saturated heterocycles. The Morgan fingerprint density at radius 2 is 2.25 bits per heavy atom. The first kappa shape index (κ1) is 11.0. The molecule has 0 aliphatic carbocycles. The molecule has 0 aromatic carbocycles. The van der Waals surface area contributed by atoms with E-state index in [4.69, 9.17) is 5.73 Å². The minimum atomic E-state index is 0.314. The maximum absolute atomic E-state index is 5.75. The monoisotopic (exact) mass is 233 g/mol. The van der Waals surface area contributed by atoms with Gasteiger partial charge in [0.1, 0.15) is 5.82 Å². The lowest BCUT2D eigenvalue weighted by Crippen LogP contribution is -2.21. The van der Waals surface area contributed by atoms with E-state index in [1.807, 2.05) is 13.1 Å². The van der Waals surface area contributed by atoms with Crippen molar-refractivity contribution < 1.29 is 0 Å². The van der Waals surface area contributed by atoms with Crippen LogP contribution in [0, 0.1) is 0 Å². The van der Waals surface area contributed by atoms with Gasteiger partial charge in [-0.25, -0.2) is 4.98 Å². The highest BCUT2D eigenvalue weighted by Crippen LogP contribution is 2.27. The van der Waals surface area contributed by atoms with Crippen LogP contribution < -0.4 is 10.6 Å². The van der Waals surface area contributed by atoms with Gasteiger partial charge >= 0.3 is 0 Å². The van der Waals surface area contributed by atoms with Gasteiger partial charge in [-0.1, -0.05) is 6.07 Å². The smallest absolute Gasteiger partial charge is 0.130 e. The summed E-state index contributed by atoms with van der Waals surface area (Å²) in [7, 11) is 2.03. The Labute approximate surface area is 99.5 Å². The molecule has 0 amide bonds. The van der Waals surface area contributed by atoms with Crippen LogP contribution in [0.5, 0.6) is 0 Å². The van der Waals surface area contributed by atoms with Crippen LogP contribution in [-0.2, 0) is 0 Å². The highest BCUT2D eigenvalue weighted by atomic mass is 32.1. The average molecular weight is 233 g/mol. The predicted octanol–water partition coefficient (Wildman–Crippen LogP) is 2.92. The largest absolute Gasteiger partial charge is 0.399 e. The van der Waals surface area contributed by atoms with Gasteiger partial charge in [0.2, 0.25) is 0 Å². The molecule has 2 aromatic rings. The molecule has 0 bridgehead atoms. The average Bonchev–Trinajstić information content (AvgIpc) is 2.80. The molecular weight excluding hydrogens is 218 g/mol. The van der Waals surface area contributed by atoms with Crippen molar-refractivity contribution in [3.05, 3.63) is 40.7 Å². The zero-order valence-corrected chi connectivity index (χ0v) is 10.2. The molecule has 2 heterocycles. The van der Waals surface area contributed by atoms with E-state index >= 15 is 0 Å². The fraction of sp³-hybridized carbons (Fsp3) is 0.250. The van der Waals surface area contributed by atoms with Crippen LogP contribution in [0.4, 0.5) is 11.5 Å². The minimum Gasteiger partial charge on any atom is -0.399 e. The number of nitrogens with zero attached hydrogens (tertiary/aromatic N) is 2. The molecule has 2 aromatic heterocycles. The Morgan fingerprint density at radius 1 is 1.44 bits per heavy atom. The summed E-state index contributed by atoms with van der Waals surface area (Å²) in [4.78, 5) is 7.77. The number of nitrogens with two attached hydrogens (primary N) is 1. The van der Waals surface area contributed by atoms with Crippen LogP contribution in [0.3, 0.4) is 0 Å². The van der Waals surface area contributed by atoms with E-state index in [-0.39, 0.29) is 0 Å². The summed E-state index contributed by atoms with van der Waals surface area (Å²) in [5.41, 5.74) is 6.50. The fourth-order valence-corrected chi connectivity index (χ4v) is 2.37. The molecule has 0 fully saturated rings. The maximum Gasteiger partial charge on any atom is 0.130 e.